The van der Waals surface area contributed by atoms with Crippen LogP contribution in [0.1, 0.15) is 29.8 Å². The number of ether oxygens (including phenoxy) is 1. The van der Waals surface area contributed by atoms with E-state index in [-0.39, 0.29) is 11.5 Å². The lowest BCUT2D eigenvalue weighted by Crippen LogP contribution is -2.45. The minimum atomic E-state index is -0.748. The molecule has 0 radical (unpaired) electrons. The number of nitrogens with one attached hydrogen (secondary N) is 1. The highest BCUT2D eigenvalue weighted by Crippen LogP contribution is 2.11. The summed E-state index contributed by atoms with van der Waals surface area (Å²) >= 11 is 0. The average Bonchev–Trinajstić information content (AvgIpc) is 2.37. The van der Waals surface area contributed by atoms with E-state index in [2.05, 4.69) is 10.1 Å². The van der Waals surface area contributed by atoms with Gasteiger partial charge in [0.2, 0.25) is 0 Å². The zero-order chi connectivity index (χ0) is 14.6. The first-order valence-electron chi connectivity index (χ1n) is 6.01. The molecule has 4 nitrogen and oxygen atoms in total. The molecule has 1 atom stereocenters. The van der Waals surface area contributed by atoms with Gasteiger partial charge in [0.15, 0.2) is 0 Å². The van der Waals surface area contributed by atoms with Crippen molar-refractivity contribution in [2.24, 2.45) is 5.92 Å². The van der Waals surface area contributed by atoms with Crippen LogP contribution in [0.15, 0.2) is 18.2 Å². The third kappa shape index (κ3) is 3.77. The molecule has 0 aliphatic carbocycles. The van der Waals surface area contributed by atoms with Gasteiger partial charge in [-0.2, -0.15) is 0 Å². The Bertz CT molecular complexity index is 486. The number of halogens is 1. The molecule has 0 heterocycles. The predicted octanol–water partition coefficient (Wildman–Crippen LogP) is 2.06. The van der Waals surface area contributed by atoms with Gasteiger partial charge in [0.25, 0.3) is 5.91 Å². The SMILES string of the molecule is COC(=O)C(NC(=O)c1ccc(C)c(F)c1)C(C)C. The number of carbonyl (C=O) groups is 2. The Balaban J connectivity index is 2.87. The number of amides is 1. The smallest absolute Gasteiger partial charge is 0.328 e. The Hall–Kier alpha value is -1.91. The van der Waals surface area contributed by atoms with E-state index in [0.29, 0.717) is 5.56 Å². The number of aryl methyl sites for hydroxylation is 1. The van der Waals surface area contributed by atoms with Crippen molar-refractivity contribution >= 4 is 11.9 Å². The lowest BCUT2D eigenvalue weighted by molar-refractivity contribution is -0.144. The molecule has 0 spiro atoms. The van der Waals surface area contributed by atoms with Gasteiger partial charge in [0.1, 0.15) is 11.9 Å². The molecule has 1 aromatic rings. The molecule has 19 heavy (non-hydrogen) atoms. The summed E-state index contributed by atoms with van der Waals surface area (Å²) in [7, 11) is 1.26. The molecule has 0 saturated carbocycles. The van der Waals surface area contributed by atoms with Gasteiger partial charge in [-0.05, 0) is 30.5 Å². The second-order valence-electron chi connectivity index (χ2n) is 4.68. The molecule has 0 aliphatic rings. The van der Waals surface area contributed by atoms with Crippen molar-refractivity contribution in [2.75, 3.05) is 7.11 Å². The van der Waals surface area contributed by atoms with E-state index >= 15 is 0 Å². The first kappa shape index (κ1) is 15.1. The van der Waals surface area contributed by atoms with E-state index < -0.39 is 23.7 Å². The van der Waals surface area contributed by atoms with Gasteiger partial charge in [0, 0.05) is 5.56 Å². The monoisotopic (exact) mass is 267 g/mol. The Labute approximate surface area is 112 Å². The van der Waals surface area contributed by atoms with Gasteiger partial charge < -0.3 is 10.1 Å². The largest absolute Gasteiger partial charge is 0.467 e. The van der Waals surface area contributed by atoms with Crippen molar-refractivity contribution in [3.05, 3.63) is 35.1 Å². The van der Waals surface area contributed by atoms with Crippen LogP contribution in [0.3, 0.4) is 0 Å². The number of hydrogen-bond donors (Lipinski definition) is 1. The first-order valence-corrected chi connectivity index (χ1v) is 6.01. The van der Waals surface area contributed by atoms with Gasteiger partial charge >= 0.3 is 5.97 Å². The fraction of sp³-hybridized carbons (Fsp3) is 0.429. The zero-order valence-electron chi connectivity index (χ0n) is 11.5. The lowest BCUT2D eigenvalue weighted by Gasteiger charge is -2.19. The Morgan fingerprint density at radius 2 is 1.95 bits per heavy atom. The van der Waals surface area contributed by atoms with Crippen LogP contribution in [-0.2, 0) is 9.53 Å². The van der Waals surface area contributed by atoms with E-state index in [1.165, 1.54) is 19.2 Å². The van der Waals surface area contributed by atoms with Crippen LogP contribution in [-0.4, -0.2) is 25.0 Å². The molecule has 1 unspecified atom stereocenters. The summed E-state index contributed by atoms with van der Waals surface area (Å²) in [6.07, 6.45) is 0. The maximum atomic E-state index is 13.4. The van der Waals surface area contributed by atoms with Gasteiger partial charge in [-0.25, -0.2) is 9.18 Å². The third-order valence-corrected chi connectivity index (χ3v) is 2.84. The van der Waals surface area contributed by atoms with Crippen molar-refractivity contribution < 1.29 is 18.7 Å². The van der Waals surface area contributed by atoms with Crippen molar-refractivity contribution in [3.63, 3.8) is 0 Å². The van der Waals surface area contributed by atoms with E-state index in [0.717, 1.165) is 6.07 Å². The number of esters is 1. The van der Waals surface area contributed by atoms with Crippen LogP contribution in [0.2, 0.25) is 0 Å². The highest BCUT2D eigenvalue weighted by Gasteiger charge is 2.25. The van der Waals surface area contributed by atoms with Crippen LogP contribution < -0.4 is 5.32 Å². The van der Waals surface area contributed by atoms with Crippen LogP contribution in [0.5, 0.6) is 0 Å². The Morgan fingerprint density at radius 1 is 1.32 bits per heavy atom. The lowest BCUT2D eigenvalue weighted by atomic mass is 10.0. The second-order valence-corrected chi connectivity index (χ2v) is 4.68. The summed E-state index contributed by atoms with van der Waals surface area (Å²) in [5.41, 5.74) is 0.641. The predicted molar refractivity (Wildman–Crippen MR) is 69.2 cm³/mol. The minimum Gasteiger partial charge on any atom is -0.467 e. The molecule has 1 N–H and O–H groups in total. The van der Waals surface area contributed by atoms with Gasteiger partial charge in [-0.15, -0.1) is 0 Å². The second kappa shape index (κ2) is 6.31. The Kier molecular flexibility index (Phi) is 5.03. The van der Waals surface area contributed by atoms with Gasteiger partial charge in [-0.3, -0.25) is 4.79 Å². The standard InChI is InChI=1S/C14H18FNO3/c1-8(2)12(14(18)19-4)16-13(17)10-6-5-9(3)11(15)7-10/h5-8,12H,1-4H3,(H,16,17). The quantitative estimate of drug-likeness (QED) is 0.850. The summed E-state index contributed by atoms with van der Waals surface area (Å²) in [6, 6.07) is 3.44. The summed E-state index contributed by atoms with van der Waals surface area (Å²) in [4.78, 5) is 23.5. The van der Waals surface area contributed by atoms with E-state index in [9.17, 15) is 14.0 Å². The highest BCUT2D eigenvalue weighted by molar-refractivity contribution is 5.96. The normalized spacial score (nSPS) is 12.1. The molecule has 0 aliphatic heterocycles. The number of benzene rings is 1. The van der Waals surface area contributed by atoms with Crippen LogP contribution in [0.25, 0.3) is 0 Å². The molecule has 1 rings (SSSR count). The number of methoxy groups -OCH3 is 1. The molecule has 5 heteroatoms. The van der Waals surface area contributed by atoms with E-state index in [4.69, 9.17) is 0 Å². The maximum Gasteiger partial charge on any atom is 0.328 e. The molecule has 0 saturated heterocycles. The van der Waals surface area contributed by atoms with Gasteiger partial charge in [-0.1, -0.05) is 19.9 Å². The number of rotatable bonds is 4. The molecule has 0 fully saturated rings. The third-order valence-electron chi connectivity index (χ3n) is 2.84. The fourth-order valence-corrected chi connectivity index (χ4v) is 1.58. The minimum absolute atomic E-state index is 0.119. The fourth-order valence-electron chi connectivity index (χ4n) is 1.58. The number of hydrogen-bond acceptors (Lipinski definition) is 3. The first-order chi connectivity index (χ1) is 8.86. The average molecular weight is 267 g/mol. The number of carbonyl (C=O) groups excluding carboxylic acids is 2. The van der Waals surface area contributed by atoms with Crippen LogP contribution in [0.4, 0.5) is 4.39 Å². The summed E-state index contributed by atoms with van der Waals surface area (Å²) in [5, 5.41) is 2.55. The topological polar surface area (TPSA) is 55.4 Å². The molecular formula is C14H18FNO3. The Morgan fingerprint density at radius 3 is 2.42 bits per heavy atom. The molecule has 0 bridgehead atoms. The molecule has 104 valence electrons. The van der Waals surface area contributed by atoms with Gasteiger partial charge in [0.05, 0.1) is 7.11 Å². The summed E-state index contributed by atoms with van der Waals surface area (Å²) in [5.74, 6) is -1.59. The van der Waals surface area contributed by atoms with E-state index in [1.54, 1.807) is 20.8 Å². The molecule has 1 aromatic carbocycles. The molecular weight excluding hydrogens is 249 g/mol. The molecule has 1 amide bonds. The van der Waals surface area contributed by atoms with E-state index in [1.807, 2.05) is 0 Å². The zero-order valence-corrected chi connectivity index (χ0v) is 11.5. The molecule has 0 aromatic heterocycles. The van der Waals surface area contributed by atoms with Crippen molar-refractivity contribution in [3.8, 4) is 0 Å². The van der Waals surface area contributed by atoms with Crippen molar-refractivity contribution in [1.82, 2.24) is 5.32 Å². The van der Waals surface area contributed by atoms with Crippen molar-refractivity contribution in [1.29, 1.82) is 0 Å². The van der Waals surface area contributed by atoms with Crippen LogP contribution in [0, 0.1) is 18.7 Å². The highest BCUT2D eigenvalue weighted by atomic mass is 19.1. The van der Waals surface area contributed by atoms with Crippen molar-refractivity contribution in [2.45, 2.75) is 26.8 Å². The summed E-state index contributed by atoms with van der Waals surface area (Å²) in [6.45, 7) is 5.19. The van der Waals surface area contributed by atoms with Crippen LogP contribution >= 0.6 is 0 Å². The maximum absolute atomic E-state index is 13.4. The summed E-state index contributed by atoms with van der Waals surface area (Å²) < 4.78 is 18.0.